The monoisotopic (exact) mass is 496 g/mol. The smallest absolute Gasteiger partial charge is 0.119 e. The van der Waals surface area contributed by atoms with Crippen molar-refractivity contribution in [1.82, 2.24) is 0 Å². The third-order valence-electron chi connectivity index (χ3n) is 5.69. The van der Waals surface area contributed by atoms with Crippen LogP contribution < -0.4 is 4.74 Å². The normalized spacial score (nSPS) is 25.1. The van der Waals surface area contributed by atoms with Gasteiger partial charge in [-0.15, -0.1) is 11.6 Å². The first kappa shape index (κ1) is 27.1. The topological polar surface area (TPSA) is 49.7 Å². The second kappa shape index (κ2) is 15.0. The number of hydrogen-bond donors (Lipinski definition) is 2. The van der Waals surface area contributed by atoms with Crippen molar-refractivity contribution in [3.63, 3.8) is 0 Å². The van der Waals surface area contributed by atoms with Crippen molar-refractivity contribution in [2.75, 3.05) is 6.61 Å². The average Bonchev–Trinajstić information content (AvgIpc) is 2.96. The van der Waals surface area contributed by atoms with Gasteiger partial charge in [0.25, 0.3) is 0 Å². The molecule has 5 atom stereocenters. The molecule has 0 spiro atoms. The van der Waals surface area contributed by atoms with Crippen molar-refractivity contribution < 1.29 is 47.7 Å². The Hall–Kier alpha value is 0.0739. The fourth-order valence-corrected chi connectivity index (χ4v) is 4.41. The molecule has 1 aliphatic carbocycles. The van der Waals surface area contributed by atoms with E-state index in [1.807, 2.05) is 24.3 Å². The zero-order valence-corrected chi connectivity index (χ0v) is 21.3. The van der Waals surface area contributed by atoms with Gasteiger partial charge in [0.1, 0.15) is 5.75 Å². The van der Waals surface area contributed by atoms with Crippen molar-refractivity contribution in [2.45, 2.75) is 75.9 Å². The number of aliphatic hydroxyl groups excluding tert-OH is 2. The molecule has 2 N–H and O–H groups in total. The number of benzene rings is 1. The second-order valence-corrected chi connectivity index (χ2v) is 8.45. The molecule has 29 heavy (non-hydrogen) atoms. The van der Waals surface area contributed by atoms with E-state index in [1.165, 1.54) is 0 Å². The number of unbranched alkanes of at least 4 members (excludes halogenated alkanes) is 3. The summed E-state index contributed by atoms with van der Waals surface area (Å²) >= 11 is 6.49. The fraction of sp³-hybridized carbons (Fsp3) is 0.625. The first-order valence-corrected chi connectivity index (χ1v) is 11.2. The van der Waals surface area contributed by atoms with Crippen LogP contribution in [0.4, 0.5) is 0 Å². The van der Waals surface area contributed by atoms with Gasteiger partial charge >= 0.3 is 0 Å². The Kier molecular flexibility index (Phi) is 14.0. The van der Waals surface area contributed by atoms with Crippen LogP contribution in [0.15, 0.2) is 36.4 Å². The Morgan fingerprint density at radius 1 is 1.28 bits per heavy atom. The number of rotatable bonds is 12. The predicted molar refractivity (Wildman–Crippen MR) is 117 cm³/mol. The molecule has 5 heteroatoms. The molecule has 0 aromatic heterocycles. The van der Waals surface area contributed by atoms with Crippen LogP contribution in [0.3, 0.4) is 0 Å². The zero-order chi connectivity index (χ0) is 20.4. The van der Waals surface area contributed by atoms with Crippen LogP contribution in [0, 0.1) is 18.8 Å². The Bertz CT molecular complexity index is 595. The zero-order valence-electron chi connectivity index (χ0n) is 17.7. The second-order valence-electron chi connectivity index (χ2n) is 7.89. The van der Waals surface area contributed by atoms with E-state index in [1.54, 1.807) is 0 Å². The van der Waals surface area contributed by atoms with Crippen LogP contribution in [0.25, 0.3) is 0 Å². The minimum Gasteiger partial charge on any atom is -0.493 e. The summed E-state index contributed by atoms with van der Waals surface area (Å²) in [6.07, 6.45) is 10.8. The molecule has 1 aliphatic rings. The molecule has 1 unspecified atom stereocenters. The Balaban J connectivity index is 0.00000420. The number of allylic oxidation sites excluding steroid dienone is 2. The van der Waals surface area contributed by atoms with E-state index in [-0.39, 0.29) is 49.9 Å². The molecule has 1 aromatic rings. The van der Waals surface area contributed by atoms with Gasteiger partial charge in [-0.25, -0.2) is 0 Å². The maximum atomic E-state index is 10.4. The van der Waals surface area contributed by atoms with E-state index >= 15 is 0 Å². The standard InChI is InChI=1S/C24H36ClO3.Y/c1-3-5-7-9-13-20-21(24(27)16-22(20)25)17-28-19-12-10-11-18(15-19)23(26)14-8-6-4-2;/h7,9-12,15,20-24,26-27H,1,3-6,8,13-14,16-17H2,2H3;/q-1;/b9-7-;/t20-,21-,22-,23?,24-;/m1./s1. The molecule has 161 valence electrons. The van der Waals surface area contributed by atoms with Gasteiger partial charge in [-0.2, -0.15) is 6.42 Å². The summed E-state index contributed by atoms with van der Waals surface area (Å²) in [5.74, 6) is 0.967. The fourth-order valence-electron chi connectivity index (χ4n) is 3.94. The van der Waals surface area contributed by atoms with E-state index in [0.717, 1.165) is 56.3 Å². The van der Waals surface area contributed by atoms with Gasteiger partial charge in [0, 0.05) is 44.0 Å². The third kappa shape index (κ3) is 8.99. The third-order valence-corrected chi connectivity index (χ3v) is 6.19. The van der Waals surface area contributed by atoms with Crippen LogP contribution in [0.5, 0.6) is 5.75 Å². The molecule has 1 radical (unpaired) electrons. The van der Waals surface area contributed by atoms with Gasteiger partial charge in [-0.1, -0.05) is 56.9 Å². The van der Waals surface area contributed by atoms with E-state index in [0.29, 0.717) is 13.0 Å². The molecule has 0 aliphatic heterocycles. The van der Waals surface area contributed by atoms with Crippen LogP contribution in [-0.2, 0) is 32.7 Å². The maximum absolute atomic E-state index is 10.4. The molecular formula is C24H36ClO3Y-. The first-order chi connectivity index (χ1) is 13.6. The molecule has 0 heterocycles. The number of aliphatic hydroxyl groups is 2. The predicted octanol–water partition coefficient (Wildman–Crippen LogP) is 5.84. The summed E-state index contributed by atoms with van der Waals surface area (Å²) in [6, 6.07) is 7.69. The molecule has 0 amide bonds. The molecule has 2 rings (SSSR count). The minimum absolute atomic E-state index is 0. The molecular weight excluding hydrogens is 461 g/mol. The van der Waals surface area contributed by atoms with Gasteiger partial charge in [0.05, 0.1) is 18.8 Å². The van der Waals surface area contributed by atoms with Gasteiger partial charge in [-0.05, 0) is 42.9 Å². The van der Waals surface area contributed by atoms with Gasteiger partial charge in [0.15, 0.2) is 0 Å². The maximum Gasteiger partial charge on any atom is 0.119 e. The SMILES string of the molecule is [CH2-]CC/C=C\C[C@@H]1[C@@H](COc2cccc(C(O)CCCCC)c2)[C@H](O)C[C@H]1Cl.[Y]. The Morgan fingerprint density at radius 2 is 2.07 bits per heavy atom. The van der Waals surface area contributed by atoms with Gasteiger partial charge in [-0.3, -0.25) is 0 Å². The van der Waals surface area contributed by atoms with Crippen LogP contribution in [0.1, 0.15) is 70.0 Å². The van der Waals surface area contributed by atoms with Crippen molar-refractivity contribution >= 4 is 11.6 Å². The molecule has 1 fully saturated rings. The van der Waals surface area contributed by atoms with E-state index in [4.69, 9.17) is 16.3 Å². The summed E-state index contributed by atoms with van der Waals surface area (Å²) in [5.41, 5.74) is 0.892. The Morgan fingerprint density at radius 3 is 2.79 bits per heavy atom. The summed E-state index contributed by atoms with van der Waals surface area (Å²) in [7, 11) is 0. The largest absolute Gasteiger partial charge is 0.493 e. The summed E-state index contributed by atoms with van der Waals surface area (Å²) in [6.45, 7) is 6.44. The number of alkyl halides is 1. The van der Waals surface area contributed by atoms with E-state index in [2.05, 4.69) is 26.0 Å². The van der Waals surface area contributed by atoms with Crippen molar-refractivity contribution in [2.24, 2.45) is 11.8 Å². The van der Waals surface area contributed by atoms with Crippen LogP contribution in [-0.4, -0.2) is 28.3 Å². The Labute approximate surface area is 207 Å². The minimum atomic E-state index is -0.453. The number of hydrogen-bond acceptors (Lipinski definition) is 3. The van der Waals surface area contributed by atoms with Gasteiger partial charge < -0.3 is 21.9 Å². The molecule has 0 bridgehead atoms. The molecule has 3 nitrogen and oxygen atoms in total. The number of ether oxygens (including phenoxy) is 1. The summed E-state index contributed by atoms with van der Waals surface area (Å²) in [5, 5.41) is 20.8. The van der Waals surface area contributed by atoms with Crippen LogP contribution in [0.2, 0.25) is 0 Å². The quantitative estimate of drug-likeness (QED) is 0.165. The molecule has 1 saturated carbocycles. The summed E-state index contributed by atoms with van der Waals surface area (Å²) < 4.78 is 6.02. The molecule has 1 aromatic carbocycles. The van der Waals surface area contributed by atoms with E-state index < -0.39 is 12.2 Å². The molecule has 0 saturated heterocycles. The van der Waals surface area contributed by atoms with Crippen LogP contribution >= 0.6 is 11.6 Å². The number of halogens is 1. The van der Waals surface area contributed by atoms with Crippen molar-refractivity contribution in [3.8, 4) is 5.75 Å². The van der Waals surface area contributed by atoms with Crippen molar-refractivity contribution in [3.05, 3.63) is 48.9 Å². The van der Waals surface area contributed by atoms with Crippen molar-refractivity contribution in [1.29, 1.82) is 0 Å². The summed E-state index contributed by atoms with van der Waals surface area (Å²) in [4.78, 5) is 0. The first-order valence-electron chi connectivity index (χ1n) is 10.7. The van der Waals surface area contributed by atoms with Gasteiger partial charge in [0.2, 0.25) is 0 Å². The van der Waals surface area contributed by atoms with E-state index in [9.17, 15) is 10.2 Å². The average molecular weight is 497 g/mol.